The van der Waals surface area contributed by atoms with Crippen molar-refractivity contribution in [3.05, 3.63) is 159 Å². The average molecular weight is 534 g/mol. The van der Waals surface area contributed by atoms with Crippen molar-refractivity contribution in [1.82, 2.24) is 0 Å². The molecule has 5 aromatic carbocycles. The molecule has 0 aliphatic carbocycles. The van der Waals surface area contributed by atoms with Gasteiger partial charge < -0.3 is 14.1 Å². The maximum Gasteiger partial charge on any atom is 0.343 e. The Morgan fingerprint density at radius 3 is 1.80 bits per heavy atom. The number of nitrogens with zero attached hydrogens (tertiary/aromatic N) is 1. The second-order valence-electron chi connectivity index (χ2n) is 11.2. The normalized spacial score (nSPS) is 14.2. The van der Waals surface area contributed by atoms with Crippen molar-refractivity contribution in [3.8, 4) is 11.5 Å². The molecule has 41 heavy (non-hydrogen) atoms. The molecule has 8 rings (SSSR count). The van der Waals surface area contributed by atoms with Gasteiger partial charge in [-0.25, -0.2) is 4.79 Å². The Labute approximate surface area is 238 Å². The highest BCUT2D eigenvalue weighted by Gasteiger charge is 2.51. The Bertz CT molecular complexity index is 2000. The Morgan fingerprint density at radius 1 is 0.610 bits per heavy atom. The first-order valence-corrected chi connectivity index (χ1v) is 13.9. The molecule has 0 unspecified atom stereocenters. The van der Waals surface area contributed by atoms with Gasteiger partial charge in [0.25, 0.3) is 0 Å². The van der Waals surface area contributed by atoms with Gasteiger partial charge in [-0.05, 0) is 79.2 Å². The molecule has 0 bridgehead atoms. The standard InChI is InChI=1S/C37H27NO3/c1-22-12-16-32-30(18-22)37(28-8-4-6-10-34(28)41-35-11-7-5-9-29(35)37)31-19-23(2)13-17-33(31)38(32)25-14-15-26-24(3)21-40-36(39)27(26)20-25/h4-21H,1-3H3. The fraction of sp³-hybridized carbons (Fsp3) is 0.108. The number of hydrogen-bond acceptors (Lipinski definition) is 4. The minimum Gasteiger partial charge on any atom is -0.457 e. The van der Waals surface area contributed by atoms with Gasteiger partial charge in [-0.1, -0.05) is 77.9 Å². The van der Waals surface area contributed by atoms with Gasteiger partial charge in [0.05, 0.1) is 28.4 Å². The first kappa shape index (κ1) is 23.8. The van der Waals surface area contributed by atoms with Crippen molar-refractivity contribution in [2.45, 2.75) is 26.2 Å². The van der Waals surface area contributed by atoms with E-state index in [0.29, 0.717) is 5.39 Å². The van der Waals surface area contributed by atoms with Crippen molar-refractivity contribution in [3.63, 3.8) is 0 Å². The highest BCUT2D eigenvalue weighted by atomic mass is 16.5. The van der Waals surface area contributed by atoms with E-state index in [9.17, 15) is 4.79 Å². The van der Waals surface area contributed by atoms with Crippen LogP contribution in [0.4, 0.5) is 17.1 Å². The van der Waals surface area contributed by atoms with Crippen molar-refractivity contribution < 1.29 is 9.15 Å². The number of anilines is 3. The second-order valence-corrected chi connectivity index (χ2v) is 11.2. The largest absolute Gasteiger partial charge is 0.457 e. The first-order valence-electron chi connectivity index (χ1n) is 13.9. The molecule has 0 amide bonds. The summed E-state index contributed by atoms with van der Waals surface area (Å²) in [5, 5.41) is 1.48. The lowest BCUT2D eigenvalue weighted by Crippen LogP contribution is -2.39. The molecule has 4 heteroatoms. The molecular formula is C37H27NO3. The third-order valence-corrected chi connectivity index (χ3v) is 8.64. The zero-order valence-electron chi connectivity index (χ0n) is 23.1. The van der Waals surface area contributed by atoms with Crippen molar-refractivity contribution in [2.24, 2.45) is 0 Å². The Hall–Kier alpha value is -5.09. The molecule has 1 spiro atoms. The summed E-state index contributed by atoms with van der Waals surface area (Å²) in [7, 11) is 0. The topological polar surface area (TPSA) is 42.7 Å². The predicted molar refractivity (Wildman–Crippen MR) is 163 cm³/mol. The van der Waals surface area contributed by atoms with Gasteiger partial charge in [-0.2, -0.15) is 0 Å². The van der Waals surface area contributed by atoms with E-state index in [1.54, 1.807) is 0 Å². The summed E-state index contributed by atoms with van der Waals surface area (Å²) >= 11 is 0. The molecule has 0 saturated carbocycles. The quantitative estimate of drug-likeness (QED) is 0.211. The van der Waals surface area contributed by atoms with E-state index < -0.39 is 5.41 Å². The molecule has 2 aliphatic rings. The highest BCUT2D eigenvalue weighted by Crippen LogP contribution is 2.62. The van der Waals surface area contributed by atoms with Gasteiger partial charge in [0.15, 0.2) is 0 Å². The van der Waals surface area contributed by atoms with Crippen LogP contribution in [0.3, 0.4) is 0 Å². The second kappa shape index (κ2) is 8.45. The van der Waals surface area contributed by atoms with Crippen molar-refractivity contribution >= 4 is 27.8 Å². The minimum absolute atomic E-state index is 0.332. The maximum atomic E-state index is 12.9. The predicted octanol–water partition coefficient (Wildman–Crippen LogP) is 8.99. The zero-order valence-corrected chi connectivity index (χ0v) is 23.1. The molecule has 0 radical (unpaired) electrons. The monoisotopic (exact) mass is 533 g/mol. The molecule has 0 N–H and O–H groups in total. The van der Waals surface area contributed by atoms with E-state index in [1.165, 1.54) is 28.5 Å². The number of rotatable bonds is 1. The third kappa shape index (κ3) is 3.19. The number of benzene rings is 5. The van der Waals surface area contributed by atoms with Gasteiger partial charge in [-0.3, -0.25) is 0 Å². The maximum absolute atomic E-state index is 12.9. The number of aryl methyl sites for hydroxylation is 3. The molecule has 4 nitrogen and oxygen atoms in total. The third-order valence-electron chi connectivity index (χ3n) is 8.64. The minimum atomic E-state index is -0.600. The molecule has 0 atom stereocenters. The molecule has 1 aromatic heterocycles. The molecular weight excluding hydrogens is 506 g/mol. The van der Waals surface area contributed by atoms with Crippen LogP contribution in [-0.2, 0) is 5.41 Å². The van der Waals surface area contributed by atoms with Crippen LogP contribution in [0.5, 0.6) is 11.5 Å². The number of para-hydroxylation sites is 2. The van der Waals surface area contributed by atoms with E-state index in [4.69, 9.17) is 9.15 Å². The average Bonchev–Trinajstić information content (AvgIpc) is 2.99. The molecule has 0 fully saturated rings. The Balaban J connectivity index is 1.53. The smallest absolute Gasteiger partial charge is 0.343 e. The summed E-state index contributed by atoms with van der Waals surface area (Å²) in [5.74, 6) is 1.72. The van der Waals surface area contributed by atoms with Crippen LogP contribution in [0.25, 0.3) is 10.8 Å². The van der Waals surface area contributed by atoms with Gasteiger partial charge in [0.2, 0.25) is 0 Å². The van der Waals surface area contributed by atoms with E-state index in [0.717, 1.165) is 50.6 Å². The Kier molecular flexibility index (Phi) is 4.90. The molecule has 0 saturated heterocycles. The fourth-order valence-corrected chi connectivity index (χ4v) is 6.87. The van der Waals surface area contributed by atoms with Crippen LogP contribution in [0, 0.1) is 20.8 Å². The van der Waals surface area contributed by atoms with Gasteiger partial charge >= 0.3 is 5.63 Å². The van der Waals surface area contributed by atoms with Crippen LogP contribution in [-0.4, -0.2) is 0 Å². The van der Waals surface area contributed by atoms with Crippen molar-refractivity contribution in [1.29, 1.82) is 0 Å². The van der Waals surface area contributed by atoms with Gasteiger partial charge in [-0.15, -0.1) is 0 Å². The number of fused-ring (bicyclic) bond motifs is 9. The molecule has 6 aromatic rings. The number of ether oxygens (including phenoxy) is 1. The van der Waals surface area contributed by atoms with Gasteiger partial charge in [0, 0.05) is 16.8 Å². The Morgan fingerprint density at radius 2 is 1.20 bits per heavy atom. The zero-order chi connectivity index (χ0) is 27.9. The van der Waals surface area contributed by atoms with E-state index in [-0.39, 0.29) is 5.63 Å². The highest BCUT2D eigenvalue weighted by molar-refractivity contribution is 5.95. The van der Waals surface area contributed by atoms with E-state index in [2.05, 4.69) is 97.6 Å². The molecule has 2 aliphatic heterocycles. The summed E-state index contributed by atoms with van der Waals surface area (Å²) in [6, 6.07) is 36.2. The molecule has 3 heterocycles. The number of hydrogen-bond donors (Lipinski definition) is 0. The lowest BCUT2D eigenvalue weighted by Gasteiger charge is -2.48. The SMILES string of the molecule is Cc1ccc2c(c1)C1(c3ccccc3Oc3ccccc31)c1cc(C)ccc1N2c1ccc2c(C)coc(=O)c2c1. The first-order chi connectivity index (χ1) is 20.0. The summed E-state index contributed by atoms with van der Waals surface area (Å²) in [6.07, 6.45) is 1.53. The van der Waals surface area contributed by atoms with Crippen molar-refractivity contribution in [2.75, 3.05) is 4.90 Å². The summed E-state index contributed by atoms with van der Waals surface area (Å²) in [4.78, 5) is 15.2. The summed E-state index contributed by atoms with van der Waals surface area (Å²) in [5.41, 5.74) is 9.98. The lowest BCUT2D eigenvalue weighted by atomic mass is 9.61. The van der Waals surface area contributed by atoms with Crippen LogP contribution >= 0.6 is 0 Å². The van der Waals surface area contributed by atoms with Crippen LogP contribution in [0.2, 0.25) is 0 Å². The van der Waals surface area contributed by atoms with Gasteiger partial charge in [0.1, 0.15) is 11.5 Å². The molecule has 198 valence electrons. The van der Waals surface area contributed by atoms with Crippen LogP contribution in [0.1, 0.15) is 38.9 Å². The van der Waals surface area contributed by atoms with E-state index in [1.807, 2.05) is 31.2 Å². The lowest BCUT2D eigenvalue weighted by molar-refractivity contribution is 0.434. The van der Waals surface area contributed by atoms with E-state index >= 15 is 0 Å². The summed E-state index contributed by atoms with van der Waals surface area (Å²) in [6.45, 7) is 6.25. The fourth-order valence-electron chi connectivity index (χ4n) is 6.87. The van der Waals surface area contributed by atoms with Crippen LogP contribution in [0.15, 0.2) is 119 Å². The summed E-state index contributed by atoms with van der Waals surface area (Å²) < 4.78 is 11.9. The van der Waals surface area contributed by atoms with Crippen LogP contribution < -0.4 is 15.3 Å².